The first-order chi connectivity index (χ1) is 9.48. The van der Waals surface area contributed by atoms with Crippen LogP contribution in [0.5, 0.6) is 5.75 Å². The molecule has 0 spiro atoms. The van der Waals surface area contributed by atoms with Crippen molar-refractivity contribution in [3.63, 3.8) is 0 Å². The zero-order valence-corrected chi connectivity index (χ0v) is 12.1. The van der Waals surface area contributed by atoms with Crippen molar-refractivity contribution in [1.29, 1.82) is 0 Å². The van der Waals surface area contributed by atoms with Crippen molar-refractivity contribution in [2.24, 2.45) is 0 Å². The summed E-state index contributed by atoms with van der Waals surface area (Å²) in [6.45, 7) is 0. The molecule has 0 aromatic heterocycles. The van der Waals surface area contributed by atoms with Crippen LogP contribution in [0.2, 0.25) is 0 Å². The number of sulfonamides is 1. The quantitative estimate of drug-likeness (QED) is 0.876. The summed E-state index contributed by atoms with van der Waals surface area (Å²) in [4.78, 5) is 0.0772. The summed E-state index contributed by atoms with van der Waals surface area (Å²) in [7, 11) is -0.759. The molecule has 2 N–H and O–H groups in total. The molecule has 0 fully saturated rings. The number of nitrogens with zero attached hydrogens (tertiary/aromatic N) is 1. The highest BCUT2D eigenvalue weighted by molar-refractivity contribution is 7.93. The van der Waals surface area contributed by atoms with E-state index in [1.165, 1.54) is 20.2 Å². The normalized spacial score (nSPS) is 11.1. The lowest BCUT2D eigenvalue weighted by atomic mass is 10.3. The van der Waals surface area contributed by atoms with E-state index in [1.807, 2.05) is 0 Å². The molecule has 20 heavy (non-hydrogen) atoms. The fourth-order valence-corrected chi connectivity index (χ4v) is 3.20. The summed E-state index contributed by atoms with van der Waals surface area (Å²) in [5, 5.41) is 0. The zero-order valence-electron chi connectivity index (χ0n) is 11.3. The van der Waals surface area contributed by atoms with E-state index in [-0.39, 0.29) is 10.6 Å². The van der Waals surface area contributed by atoms with Gasteiger partial charge in [0.1, 0.15) is 10.6 Å². The van der Waals surface area contributed by atoms with Crippen LogP contribution in [0.3, 0.4) is 0 Å². The average molecular weight is 292 g/mol. The second kappa shape index (κ2) is 5.42. The van der Waals surface area contributed by atoms with Gasteiger partial charge in [-0.3, -0.25) is 4.31 Å². The smallest absolute Gasteiger partial charge is 0.266 e. The molecule has 2 aromatic carbocycles. The predicted molar refractivity (Wildman–Crippen MR) is 79.4 cm³/mol. The molecule has 0 saturated carbocycles. The Morgan fingerprint density at radius 3 is 2.30 bits per heavy atom. The van der Waals surface area contributed by atoms with Gasteiger partial charge in [0.05, 0.1) is 18.5 Å². The highest BCUT2D eigenvalue weighted by Crippen LogP contribution is 2.32. The third kappa shape index (κ3) is 2.42. The minimum Gasteiger partial charge on any atom is -0.495 e. The first-order valence-corrected chi connectivity index (χ1v) is 7.39. The molecule has 0 aliphatic carbocycles. The Bertz CT molecular complexity index is 714. The fraction of sp³-hybridized carbons (Fsp3) is 0.143. The van der Waals surface area contributed by atoms with Gasteiger partial charge in [-0.2, -0.15) is 0 Å². The molecule has 6 heteroatoms. The Labute approximate surface area is 118 Å². The van der Waals surface area contributed by atoms with Crippen LogP contribution < -0.4 is 14.8 Å². The van der Waals surface area contributed by atoms with Crippen molar-refractivity contribution in [3.8, 4) is 5.75 Å². The van der Waals surface area contributed by atoms with E-state index >= 15 is 0 Å². The largest absolute Gasteiger partial charge is 0.495 e. The average Bonchev–Trinajstić information content (AvgIpc) is 2.46. The Morgan fingerprint density at radius 2 is 1.65 bits per heavy atom. The highest BCUT2D eigenvalue weighted by atomic mass is 32.2. The van der Waals surface area contributed by atoms with Gasteiger partial charge in [-0.05, 0) is 24.3 Å². The predicted octanol–water partition coefficient (Wildman–Crippen LogP) is 2.10. The van der Waals surface area contributed by atoms with Crippen LogP contribution in [-0.2, 0) is 10.0 Å². The Balaban J connectivity index is 2.52. The summed E-state index contributed by atoms with van der Waals surface area (Å²) < 4.78 is 31.6. The molecule has 5 nitrogen and oxygen atoms in total. The number of nitrogen functional groups attached to an aromatic ring is 1. The third-order valence-corrected chi connectivity index (χ3v) is 4.83. The van der Waals surface area contributed by atoms with Crippen molar-refractivity contribution in [2.75, 3.05) is 24.2 Å². The van der Waals surface area contributed by atoms with E-state index in [1.54, 1.807) is 42.5 Å². The number of para-hydroxylation sites is 3. The van der Waals surface area contributed by atoms with Gasteiger partial charge in [0.2, 0.25) is 0 Å². The minimum atomic E-state index is -3.73. The van der Waals surface area contributed by atoms with Crippen LogP contribution in [0.25, 0.3) is 0 Å². The van der Waals surface area contributed by atoms with Gasteiger partial charge in [-0.15, -0.1) is 0 Å². The summed E-state index contributed by atoms with van der Waals surface area (Å²) in [5.41, 5.74) is 6.43. The molecule has 106 valence electrons. The van der Waals surface area contributed by atoms with Crippen molar-refractivity contribution in [3.05, 3.63) is 48.5 Å². The van der Waals surface area contributed by atoms with Crippen LogP contribution >= 0.6 is 0 Å². The maximum Gasteiger partial charge on any atom is 0.266 e. The molecule has 0 radical (unpaired) electrons. The second-order valence-electron chi connectivity index (χ2n) is 4.18. The number of ether oxygens (including phenoxy) is 1. The number of rotatable bonds is 4. The Kier molecular flexibility index (Phi) is 3.85. The molecule has 0 atom stereocenters. The van der Waals surface area contributed by atoms with Gasteiger partial charge in [-0.1, -0.05) is 24.3 Å². The van der Waals surface area contributed by atoms with E-state index in [2.05, 4.69) is 0 Å². The van der Waals surface area contributed by atoms with Crippen molar-refractivity contribution < 1.29 is 13.2 Å². The van der Waals surface area contributed by atoms with Gasteiger partial charge in [-0.25, -0.2) is 8.42 Å². The van der Waals surface area contributed by atoms with Crippen molar-refractivity contribution >= 4 is 21.4 Å². The van der Waals surface area contributed by atoms with E-state index < -0.39 is 10.0 Å². The van der Waals surface area contributed by atoms with Crippen LogP contribution in [0, 0.1) is 0 Å². The van der Waals surface area contributed by atoms with Crippen molar-refractivity contribution in [2.45, 2.75) is 4.90 Å². The third-order valence-electron chi connectivity index (χ3n) is 2.98. The van der Waals surface area contributed by atoms with Gasteiger partial charge >= 0.3 is 0 Å². The van der Waals surface area contributed by atoms with Gasteiger partial charge in [0.15, 0.2) is 0 Å². The molecule has 0 saturated heterocycles. The lowest BCUT2D eigenvalue weighted by Crippen LogP contribution is -2.27. The lowest BCUT2D eigenvalue weighted by Gasteiger charge is -2.22. The Morgan fingerprint density at radius 1 is 1.05 bits per heavy atom. The standard InChI is InChI=1S/C14H16N2O3S/c1-16(12-8-4-5-9-13(12)19-2)20(17,18)14-10-6-3-7-11(14)15/h3-10H,15H2,1-2H3. The Hall–Kier alpha value is -2.21. The number of methoxy groups -OCH3 is 1. The number of nitrogens with two attached hydrogens (primary N) is 1. The summed E-state index contributed by atoms with van der Waals surface area (Å²) >= 11 is 0. The first kappa shape index (κ1) is 14.2. The number of hydrogen-bond donors (Lipinski definition) is 1. The molecule has 2 rings (SSSR count). The molecule has 0 unspecified atom stereocenters. The maximum atomic E-state index is 12.6. The van der Waals surface area contributed by atoms with Crippen LogP contribution in [0.1, 0.15) is 0 Å². The van der Waals surface area contributed by atoms with E-state index in [9.17, 15) is 8.42 Å². The van der Waals surface area contributed by atoms with Gasteiger partial charge in [0.25, 0.3) is 10.0 Å². The lowest BCUT2D eigenvalue weighted by molar-refractivity contribution is 0.416. The van der Waals surface area contributed by atoms with E-state index in [4.69, 9.17) is 10.5 Å². The van der Waals surface area contributed by atoms with Crippen molar-refractivity contribution in [1.82, 2.24) is 0 Å². The summed E-state index contributed by atoms with van der Waals surface area (Å²) in [6, 6.07) is 13.3. The molecule has 2 aromatic rings. The topological polar surface area (TPSA) is 72.6 Å². The molecular weight excluding hydrogens is 276 g/mol. The van der Waals surface area contributed by atoms with E-state index in [0.717, 1.165) is 4.31 Å². The first-order valence-electron chi connectivity index (χ1n) is 5.95. The highest BCUT2D eigenvalue weighted by Gasteiger charge is 2.25. The molecule has 0 heterocycles. The fourth-order valence-electron chi connectivity index (χ4n) is 1.88. The monoisotopic (exact) mass is 292 g/mol. The number of benzene rings is 2. The number of hydrogen-bond acceptors (Lipinski definition) is 4. The maximum absolute atomic E-state index is 12.6. The van der Waals surface area contributed by atoms with Gasteiger partial charge < -0.3 is 10.5 Å². The minimum absolute atomic E-state index is 0.0772. The summed E-state index contributed by atoms with van der Waals surface area (Å²) in [5.74, 6) is 0.480. The van der Waals surface area contributed by atoms with Crippen LogP contribution in [-0.4, -0.2) is 22.6 Å². The molecule has 0 amide bonds. The second-order valence-corrected chi connectivity index (χ2v) is 6.12. The van der Waals surface area contributed by atoms with Crippen LogP contribution in [0.4, 0.5) is 11.4 Å². The molecule has 0 aliphatic rings. The van der Waals surface area contributed by atoms with Crippen LogP contribution in [0.15, 0.2) is 53.4 Å². The summed E-state index contributed by atoms with van der Waals surface area (Å²) in [6.07, 6.45) is 0. The van der Waals surface area contributed by atoms with Gasteiger partial charge in [0, 0.05) is 7.05 Å². The molecule has 0 aliphatic heterocycles. The SMILES string of the molecule is COc1ccccc1N(C)S(=O)(=O)c1ccccc1N. The molecular formula is C14H16N2O3S. The zero-order chi connectivity index (χ0) is 14.8. The van der Waals surface area contributed by atoms with E-state index in [0.29, 0.717) is 11.4 Å². The number of anilines is 2. The molecule has 0 bridgehead atoms.